The van der Waals surface area contributed by atoms with Crippen molar-refractivity contribution in [3.63, 3.8) is 0 Å². The van der Waals surface area contributed by atoms with Gasteiger partial charge in [-0.1, -0.05) is 37.9 Å². The monoisotopic (exact) mass is 499 g/mol. The van der Waals surface area contributed by atoms with E-state index in [1.165, 1.54) is 11.3 Å². The lowest BCUT2D eigenvalue weighted by Gasteiger charge is -2.21. The minimum Gasteiger partial charge on any atom is -0.497 e. The van der Waals surface area contributed by atoms with Gasteiger partial charge in [0.1, 0.15) is 5.76 Å². The molecular formula is C27H34ClN3O2S. The molecule has 0 saturated heterocycles. The minimum absolute atomic E-state index is 0.181. The van der Waals surface area contributed by atoms with Gasteiger partial charge in [0.05, 0.1) is 25.0 Å². The average Bonchev–Trinajstić information content (AvgIpc) is 3.31. The summed E-state index contributed by atoms with van der Waals surface area (Å²) in [6, 6.07) is 5.21. The third-order valence-corrected chi connectivity index (χ3v) is 6.08. The van der Waals surface area contributed by atoms with Gasteiger partial charge in [-0.25, -0.2) is 4.98 Å². The highest BCUT2D eigenvalue weighted by Gasteiger charge is 2.23. The Kier molecular flexibility index (Phi) is 12.2. The van der Waals surface area contributed by atoms with E-state index >= 15 is 0 Å². The molecule has 2 rings (SSSR count). The molecule has 7 heteroatoms. The number of hydrogen-bond donors (Lipinski definition) is 0. The smallest absolute Gasteiger partial charge is 0.260 e. The molecule has 1 aromatic carbocycles. The summed E-state index contributed by atoms with van der Waals surface area (Å²) >= 11 is 7.48. The summed E-state index contributed by atoms with van der Waals surface area (Å²) in [7, 11) is 3.52. The number of allylic oxidation sites excluding steroid dienone is 2. The second kappa shape index (κ2) is 14.3. The molecule has 0 unspecified atom stereocenters. The molecule has 0 atom stereocenters. The highest BCUT2D eigenvalue weighted by Crippen LogP contribution is 2.28. The zero-order chi connectivity index (χ0) is 25.8. The van der Waals surface area contributed by atoms with Crippen molar-refractivity contribution in [2.75, 3.05) is 32.1 Å². The van der Waals surface area contributed by atoms with Crippen molar-refractivity contribution in [3.8, 4) is 12.3 Å². The number of nitrogens with zero attached hydrogens (tertiary/aromatic N) is 3. The first-order valence-corrected chi connectivity index (χ1v) is 12.3. The molecule has 34 heavy (non-hydrogen) atoms. The van der Waals surface area contributed by atoms with E-state index in [4.69, 9.17) is 27.7 Å². The number of anilines is 1. The van der Waals surface area contributed by atoms with E-state index in [9.17, 15) is 4.79 Å². The van der Waals surface area contributed by atoms with Crippen LogP contribution in [0, 0.1) is 19.3 Å². The Morgan fingerprint density at radius 2 is 2.06 bits per heavy atom. The van der Waals surface area contributed by atoms with E-state index in [1.54, 1.807) is 36.3 Å². The Hall–Kier alpha value is -3.01. The predicted octanol–water partition coefficient (Wildman–Crippen LogP) is 6.81. The second-order valence-corrected chi connectivity index (χ2v) is 8.39. The van der Waals surface area contributed by atoms with Gasteiger partial charge >= 0.3 is 0 Å². The van der Waals surface area contributed by atoms with Gasteiger partial charge in [0.15, 0.2) is 5.13 Å². The molecule has 0 bridgehead atoms. The van der Waals surface area contributed by atoms with E-state index in [0.29, 0.717) is 21.5 Å². The lowest BCUT2D eigenvalue weighted by atomic mass is 10.1. The number of hydrogen-bond acceptors (Lipinski definition) is 5. The van der Waals surface area contributed by atoms with Crippen molar-refractivity contribution in [2.45, 2.75) is 34.6 Å². The van der Waals surface area contributed by atoms with Gasteiger partial charge < -0.3 is 9.64 Å². The molecule has 0 aliphatic heterocycles. The number of aryl methyl sites for hydroxylation is 1. The largest absolute Gasteiger partial charge is 0.497 e. The molecule has 1 heterocycles. The molecule has 0 radical (unpaired) electrons. The van der Waals surface area contributed by atoms with E-state index in [0.717, 1.165) is 29.1 Å². The van der Waals surface area contributed by atoms with Crippen LogP contribution in [0.5, 0.6) is 0 Å². The summed E-state index contributed by atoms with van der Waals surface area (Å²) in [5, 5.41) is 3.05. The van der Waals surface area contributed by atoms with Crippen LogP contribution in [0.3, 0.4) is 0 Å². The summed E-state index contributed by atoms with van der Waals surface area (Å²) in [5.41, 5.74) is 3.67. The molecule has 1 amide bonds. The Morgan fingerprint density at radius 3 is 2.62 bits per heavy atom. The highest BCUT2D eigenvalue weighted by molar-refractivity contribution is 7.14. The zero-order valence-electron chi connectivity index (χ0n) is 21.1. The maximum Gasteiger partial charge on any atom is 0.260 e. The maximum atomic E-state index is 13.5. The Bertz CT molecular complexity index is 1100. The van der Waals surface area contributed by atoms with E-state index in [2.05, 4.69) is 12.5 Å². The number of benzene rings is 1. The van der Waals surface area contributed by atoms with E-state index in [-0.39, 0.29) is 12.5 Å². The van der Waals surface area contributed by atoms with Crippen molar-refractivity contribution in [2.24, 2.45) is 0 Å². The van der Waals surface area contributed by atoms with E-state index in [1.807, 2.05) is 58.0 Å². The molecule has 0 N–H and O–H groups in total. The maximum absolute atomic E-state index is 13.5. The SMILES string of the molecule is C#C/C=C(C)\C(=C/CN(C(=O)c1ccc(Cl)cc1C)c1nc(C(=C)N(C)CC)cs1)OC.CC. The van der Waals surface area contributed by atoms with Crippen LogP contribution in [-0.4, -0.2) is 43.0 Å². The number of terminal acetylenes is 1. The number of amides is 1. The normalized spacial score (nSPS) is 11.1. The van der Waals surface area contributed by atoms with Crippen molar-refractivity contribution >= 4 is 39.7 Å². The molecule has 1 aromatic heterocycles. The lowest BCUT2D eigenvalue weighted by molar-refractivity contribution is 0.0989. The van der Waals surface area contributed by atoms with Crippen molar-refractivity contribution in [1.82, 2.24) is 9.88 Å². The van der Waals surface area contributed by atoms with Gasteiger partial charge in [-0.3, -0.25) is 9.69 Å². The van der Waals surface area contributed by atoms with Gasteiger partial charge in [-0.15, -0.1) is 17.8 Å². The molecule has 0 aliphatic carbocycles. The number of aromatic nitrogens is 1. The number of carbonyl (C=O) groups is 1. The fourth-order valence-corrected chi connectivity index (χ4v) is 4.01. The van der Waals surface area contributed by atoms with Crippen molar-refractivity contribution in [1.29, 1.82) is 0 Å². The molecule has 182 valence electrons. The molecule has 0 saturated carbocycles. The van der Waals surface area contributed by atoms with Gasteiger partial charge in [-0.2, -0.15) is 0 Å². The number of rotatable bonds is 9. The van der Waals surface area contributed by atoms with Crippen LogP contribution in [-0.2, 0) is 4.74 Å². The average molecular weight is 500 g/mol. The summed E-state index contributed by atoms with van der Waals surface area (Å²) in [6.45, 7) is 14.9. The van der Waals surface area contributed by atoms with Crippen LogP contribution in [0.15, 0.2) is 53.6 Å². The fourth-order valence-electron chi connectivity index (χ4n) is 2.94. The Balaban J connectivity index is 0.00000281. The quantitative estimate of drug-likeness (QED) is 0.216. The molecule has 0 aliphatic rings. The first-order chi connectivity index (χ1) is 16.2. The van der Waals surface area contributed by atoms with Gasteiger partial charge in [0.25, 0.3) is 5.91 Å². The van der Waals surface area contributed by atoms with Crippen LogP contribution in [0.4, 0.5) is 5.13 Å². The highest BCUT2D eigenvalue weighted by atomic mass is 35.5. The van der Waals surface area contributed by atoms with Crippen LogP contribution in [0.2, 0.25) is 5.02 Å². The Labute approximate surface area is 213 Å². The minimum atomic E-state index is -0.181. The summed E-state index contributed by atoms with van der Waals surface area (Å²) in [6.07, 6.45) is 8.83. The Morgan fingerprint density at radius 1 is 1.38 bits per heavy atom. The zero-order valence-corrected chi connectivity index (χ0v) is 22.7. The number of thiazole rings is 1. The van der Waals surface area contributed by atoms with Crippen LogP contribution >= 0.6 is 22.9 Å². The molecule has 5 nitrogen and oxygen atoms in total. The van der Waals surface area contributed by atoms with Crippen molar-refractivity contribution < 1.29 is 9.53 Å². The van der Waals surface area contributed by atoms with Crippen LogP contribution in [0.25, 0.3) is 5.70 Å². The first-order valence-electron chi connectivity index (χ1n) is 11.0. The third kappa shape index (κ3) is 7.51. The number of ether oxygens (including phenoxy) is 1. The summed E-state index contributed by atoms with van der Waals surface area (Å²) in [5.74, 6) is 2.91. The molecule has 0 spiro atoms. The summed E-state index contributed by atoms with van der Waals surface area (Å²) in [4.78, 5) is 21.9. The van der Waals surface area contributed by atoms with Gasteiger partial charge in [0, 0.05) is 29.6 Å². The molecular weight excluding hydrogens is 466 g/mol. The van der Waals surface area contributed by atoms with Crippen molar-refractivity contribution in [3.05, 3.63) is 75.5 Å². The lowest BCUT2D eigenvalue weighted by Crippen LogP contribution is -2.32. The predicted molar refractivity (Wildman–Crippen MR) is 146 cm³/mol. The standard InChI is InChI=1S/C25H28ClN3O2S.C2H6/c1-8-10-17(3)23(31-7)13-14-29(24(30)21-12-11-20(26)15-18(21)4)25-27-22(16-32-25)19(5)28(6)9-2;1-2/h1,10-13,15-16H,5,9,14H2,2-4,6-7H3;1-2H3/b17-10-,23-13+;. The number of carbonyl (C=O) groups excluding carboxylic acids is 1. The number of methoxy groups -OCH3 is 1. The summed E-state index contributed by atoms with van der Waals surface area (Å²) < 4.78 is 5.47. The fraction of sp³-hybridized carbons (Fsp3) is 0.333. The van der Waals surface area contributed by atoms with Gasteiger partial charge in [-0.05, 0) is 62.3 Å². The molecule has 0 fully saturated rings. The third-order valence-electron chi connectivity index (χ3n) is 4.99. The number of halogens is 1. The van der Waals surface area contributed by atoms with E-state index < -0.39 is 0 Å². The van der Waals surface area contributed by atoms with Crippen LogP contribution in [0.1, 0.15) is 49.3 Å². The van der Waals surface area contributed by atoms with Gasteiger partial charge in [0.2, 0.25) is 0 Å². The van der Waals surface area contributed by atoms with Crippen LogP contribution < -0.4 is 4.90 Å². The second-order valence-electron chi connectivity index (χ2n) is 7.12. The topological polar surface area (TPSA) is 45.7 Å². The first kappa shape index (κ1) is 29.0. The molecule has 2 aromatic rings.